The Labute approximate surface area is 129 Å². The van der Waals surface area contributed by atoms with Gasteiger partial charge in [-0.2, -0.15) is 0 Å². The third kappa shape index (κ3) is 5.04. The number of carbonyl (C=O) groups is 2. The standard InChI is InChI=1S/C16H22N2O4/c19-14-6-4-13(5-7-14)17-15(20)10-12(16(21)22)11-18-8-2-1-3-9-18/h4-7,12,19H,1-3,8-11H2,(H,17,20)(H,21,22)/t12-/m0/s1. The maximum Gasteiger partial charge on any atom is 0.308 e. The molecule has 1 amide bonds. The highest BCUT2D eigenvalue weighted by atomic mass is 16.4. The summed E-state index contributed by atoms with van der Waals surface area (Å²) < 4.78 is 0. The van der Waals surface area contributed by atoms with E-state index < -0.39 is 11.9 Å². The summed E-state index contributed by atoms with van der Waals surface area (Å²) in [7, 11) is 0. The van der Waals surface area contributed by atoms with E-state index in [9.17, 15) is 19.8 Å². The predicted molar refractivity (Wildman–Crippen MR) is 82.8 cm³/mol. The first kappa shape index (κ1) is 16.3. The number of piperidine rings is 1. The molecule has 0 spiro atoms. The van der Waals surface area contributed by atoms with Crippen molar-refractivity contribution in [3.63, 3.8) is 0 Å². The molecule has 6 nitrogen and oxygen atoms in total. The maximum atomic E-state index is 12.0. The maximum absolute atomic E-state index is 12.0. The molecule has 1 atom stereocenters. The van der Waals surface area contributed by atoms with E-state index in [1.807, 2.05) is 0 Å². The Bertz CT molecular complexity index is 509. The van der Waals surface area contributed by atoms with E-state index in [4.69, 9.17) is 0 Å². The van der Waals surface area contributed by atoms with E-state index in [-0.39, 0.29) is 18.1 Å². The van der Waals surface area contributed by atoms with Crippen molar-refractivity contribution in [2.75, 3.05) is 25.0 Å². The summed E-state index contributed by atoms with van der Waals surface area (Å²) in [5.74, 6) is -1.84. The van der Waals surface area contributed by atoms with Crippen LogP contribution in [0.1, 0.15) is 25.7 Å². The second kappa shape index (κ2) is 7.79. The van der Waals surface area contributed by atoms with Gasteiger partial charge in [-0.05, 0) is 50.2 Å². The van der Waals surface area contributed by atoms with Gasteiger partial charge in [-0.15, -0.1) is 0 Å². The quantitative estimate of drug-likeness (QED) is 0.699. The SMILES string of the molecule is O=C(C[C@@H](CN1CCCCC1)C(=O)O)Nc1ccc(O)cc1. The van der Waals surface area contributed by atoms with Crippen LogP contribution in [0.2, 0.25) is 0 Å². The van der Waals surface area contributed by atoms with E-state index in [1.54, 1.807) is 12.1 Å². The van der Waals surface area contributed by atoms with Crippen molar-refractivity contribution in [1.29, 1.82) is 0 Å². The number of benzene rings is 1. The molecule has 1 aliphatic rings. The third-order valence-corrected chi connectivity index (χ3v) is 3.86. The van der Waals surface area contributed by atoms with Gasteiger partial charge in [0.2, 0.25) is 5.91 Å². The zero-order chi connectivity index (χ0) is 15.9. The summed E-state index contributed by atoms with van der Waals surface area (Å²) >= 11 is 0. The second-order valence-electron chi connectivity index (χ2n) is 5.70. The van der Waals surface area contributed by atoms with Gasteiger partial charge in [0.1, 0.15) is 5.75 Å². The lowest BCUT2D eigenvalue weighted by Crippen LogP contribution is -2.38. The molecule has 1 fully saturated rings. The average molecular weight is 306 g/mol. The van der Waals surface area contributed by atoms with E-state index >= 15 is 0 Å². The molecule has 6 heteroatoms. The lowest BCUT2D eigenvalue weighted by Gasteiger charge is -2.28. The minimum Gasteiger partial charge on any atom is -0.508 e. The Kier molecular flexibility index (Phi) is 5.77. The first-order valence-electron chi connectivity index (χ1n) is 7.58. The van der Waals surface area contributed by atoms with Crippen LogP contribution >= 0.6 is 0 Å². The lowest BCUT2D eigenvalue weighted by atomic mass is 10.0. The van der Waals surface area contributed by atoms with Crippen molar-refractivity contribution >= 4 is 17.6 Å². The highest BCUT2D eigenvalue weighted by Crippen LogP contribution is 2.16. The number of hydrogen-bond acceptors (Lipinski definition) is 4. The van der Waals surface area contributed by atoms with Crippen molar-refractivity contribution < 1.29 is 19.8 Å². The lowest BCUT2D eigenvalue weighted by molar-refractivity contribution is -0.144. The molecule has 22 heavy (non-hydrogen) atoms. The van der Waals surface area contributed by atoms with E-state index in [0.717, 1.165) is 25.9 Å². The van der Waals surface area contributed by atoms with Crippen LogP contribution in [0.25, 0.3) is 0 Å². The van der Waals surface area contributed by atoms with Gasteiger partial charge in [0.05, 0.1) is 5.92 Å². The summed E-state index contributed by atoms with van der Waals surface area (Å²) in [6, 6.07) is 6.09. The topological polar surface area (TPSA) is 89.9 Å². The number of nitrogens with zero attached hydrogens (tertiary/aromatic N) is 1. The first-order chi connectivity index (χ1) is 10.5. The van der Waals surface area contributed by atoms with Gasteiger partial charge in [0, 0.05) is 18.7 Å². The fourth-order valence-electron chi connectivity index (χ4n) is 2.66. The average Bonchev–Trinajstić information content (AvgIpc) is 2.50. The molecule has 1 aliphatic heterocycles. The summed E-state index contributed by atoms with van der Waals surface area (Å²) in [6.45, 7) is 2.23. The highest BCUT2D eigenvalue weighted by Gasteiger charge is 2.25. The minimum atomic E-state index is -0.938. The van der Waals surface area contributed by atoms with Crippen LogP contribution in [-0.4, -0.2) is 46.6 Å². The van der Waals surface area contributed by atoms with Gasteiger partial charge in [0.25, 0.3) is 0 Å². The molecule has 3 N–H and O–H groups in total. The number of rotatable bonds is 6. The number of aliphatic carboxylic acids is 1. The van der Waals surface area contributed by atoms with Crippen LogP contribution in [0.3, 0.4) is 0 Å². The largest absolute Gasteiger partial charge is 0.508 e. The predicted octanol–water partition coefficient (Wildman–Crippen LogP) is 1.91. The van der Waals surface area contributed by atoms with Crippen LogP contribution < -0.4 is 5.32 Å². The van der Waals surface area contributed by atoms with E-state index in [2.05, 4.69) is 10.2 Å². The van der Waals surface area contributed by atoms with Crippen molar-refractivity contribution in [3.05, 3.63) is 24.3 Å². The number of likely N-dealkylation sites (tertiary alicyclic amines) is 1. The molecular formula is C16H22N2O4. The molecule has 0 unspecified atom stereocenters. The Morgan fingerprint density at radius 3 is 2.36 bits per heavy atom. The summed E-state index contributed by atoms with van der Waals surface area (Å²) in [6.07, 6.45) is 3.32. The van der Waals surface area contributed by atoms with Gasteiger partial charge in [-0.3, -0.25) is 9.59 Å². The Morgan fingerprint density at radius 2 is 1.77 bits per heavy atom. The molecule has 1 heterocycles. The Morgan fingerprint density at radius 1 is 1.14 bits per heavy atom. The molecule has 0 bridgehead atoms. The number of hydrogen-bond donors (Lipinski definition) is 3. The van der Waals surface area contributed by atoms with Crippen molar-refractivity contribution in [1.82, 2.24) is 4.90 Å². The number of nitrogens with one attached hydrogen (secondary N) is 1. The number of anilines is 1. The Hall–Kier alpha value is -2.08. The van der Waals surface area contributed by atoms with Crippen LogP contribution in [-0.2, 0) is 9.59 Å². The minimum absolute atomic E-state index is 0.0489. The third-order valence-electron chi connectivity index (χ3n) is 3.86. The number of carbonyl (C=O) groups excluding carboxylic acids is 1. The summed E-state index contributed by atoms with van der Waals surface area (Å²) in [4.78, 5) is 25.5. The second-order valence-corrected chi connectivity index (χ2v) is 5.70. The Balaban J connectivity index is 1.87. The smallest absolute Gasteiger partial charge is 0.308 e. The van der Waals surface area contributed by atoms with Gasteiger partial charge in [-0.1, -0.05) is 6.42 Å². The fourth-order valence-corrected chi connectivity index (χ4v) is 2.66. The van der Waals surface area contributed by atoms with Crippen LogP contribution in [0.15, 0.2) is 24.3 Å². The number of carboxylic acids is 1. The zero-order valence-electron chi connectivity index (χ0n) is 12.5. The fraction of sp³-hybridized carbons (Fsp3) is 0.500. The molecule has 0 saturated carbocycles. The zero-order valence-corrected chi connectivity index (χ0v) is 12.5. The highest BCUT2D eigenvalue weighted by molar-refractivity contribution is 5.93. The van der Waals surface area contributed by atoms with Crippen LogP contribution in [0.4, 0.5) is 5.69 Å². The van der Waals surface area contributed by atoms with Crippen LogP contribution in [0, 0.1) is 5.92 Å². The summed E-state index contributed by atoms with van der Waals surface area (Å²) in [5, 5.41) is 21.2. The monoisotopic (exact) mass is 306 g/mol. The molecule has 1 aromatic carbocycles. The van der Waals surface area contributed by atoms with E-state index in [1.165, 1.54) is 18.6 Å². The number of phenols is 1. The molecular weight excluding hydrogens is 284 g/mol. The van der Waals surface area contributed by atoms with Gasteiger partial charge in [-0.25, -0.2) is 0 Å². The number of amides is 1. The molecule has 0 aliphatic carbocycles. The van der Waals surface area contributed by atoms with Crippen molar-refractivity contribution in [2.24, 2.45) is 5.92 Å². The van der Waals surface area contributed by atoms with Gasteiger partial charge >= 0.3 is 5.97 Å². The molecule has 1 saturated heterocycles. The number of aromatic hydroxyl groups is 1. The van der Waals surface area contributed by atoms with E-state index in [0.29, 0.717) is 12.2 Å². The molecule has 2 rings (SSSR count). The number of carboxylic acid groups (broad SMARTS) is 1. The number of phenolic OH excluding ortho intramolecular Hbond substituents is 1. The van der Waals surface area contributed by atoms with Crippen molar-refractivity contribution in [3.8, 4) is 5.75 Å². The van der Waals surface area contributed by atoms with Crippen LogP contribution in [0.5, 0.6) is 5.75 Å². The van der Waals surface area contributed by atoms with Crippen molar-refractivity contribution in [2.45, 2.75) is 25.7 Å². The van der Waals surface area contributed by atoms with Gasteiger partial charge < -0.3 is 20.4 Å². The molecule has 0 aromatic heterocycles. The normalized spacial score (nSPS) is 16.9. The van der Waals surface area contributed by atoms with Gasteiger partial charge in [0.15, 0.2) is 0 Å². The first-order valence-corrected chi connectivity index (χ1v) is 7.58. The summed E-state index contributed by atoms with van der Waals surface area (Å²) in [5.41, 5.74) is 0.546. The molecule has 0 radical (unpaired) electrons. The molecule has 120 valence electrons. The molecule has 1 aromatic rings.